The molecule has 1 heterocycles. The Morgan fingerprint density at radius 3 is 2.53 bits per heavy atom. The Morgan fingerprint density at radius 1 is 1.33 bits per heavy atom. The van der Waals surface area contributed by atoms with E-state index >= 15 is 0 Å². The van der Waals surface area contributed by atoms with Gasteiger partial charge in [-0.15, -0.1) is 0 Å². The molecule has 1 rings (SSSR count). The topological polar surface area (TPSA) is 37.3 Å². The SMILES string of the molecule is CCCC(CC[SH]1C=CC=C1)CC(=O)O. The summed E-state index contributed by atoms with van der Waals surface area (Å²) in [7, 11) is -0.0674. The lowest BCUT2D eigenvalue weighted by atomic mass is 9.97. The number of carboxylic acids is 1. The van der Waals surface area contributed by atoms with Gasteiger partial charge in [-0.2, -0.15) is 0 Å². The van der Waals surface area contributed by atoms with Gasteiger partial charge in [-0.3, -0.25) is 4.79 Å². The summed E-state index contributed by atoms with van der Waals surface area (Å²) in [5.41, 5.74) is 0. The summed E-state index contributed by atoms with van der Waals surface area (Å²) in [5, 5.41) is 13.3. The van der Waals surface area contributed by atoms with Crippen LogP contribution in [-0.4, -0.2) is 16.8 Å². The highest BCUT2D eigenvalue weighted by atomic mass is 32.2. The van der Waals surface area contributed by atoms with Gasteiger partial charge in [0.05, 0.1) is 0 Å². The highest BCUT2D eigenvalue weighted by Gasteiger charge is 2.13. The highest BCUT2D eigenvalue weighted by molar-refractivity contribution is 8.22. The molecule has 0 radical (unpaired) electrons. The monoisotopic (exact) mass is 228 g/mol. The van der Waals surface area contributed by atoms with Gasteiger partial charge >= 0.3 is 5.97 Å². The van der Waals surface area contributed by atoms with E-state index in [1.54, 1.807) is 0 Å². The molecule has 1 unspecified atom stereocenters. The maximum Gasteiger partial charge on any atom is 0.303 e. The van der Waals surface area contributed by atoms with Crippen molar-refractivity contribution < 1.29 is 9.90 Å². The molecule has 86 valence electrons. The Hall–Kier alpha value is -0.700. The largest absolute Gasteiger partial charge is 0.481 e. The van der Waals surface area contributed by atoms with Crippen LogP contribution in [0.15, 0.2) is 23.0 Å². The fourth-order valence-electron chi connectivity index (χ4n) is 1.85. The average molecular weight is 228 g/mol. The van der Waals surface area contributed by atoms with Crippen molar-refractivity contribution in [1.29, 1.82) is 0 Å². The van der Waals surface area contributed by atoms with E-state index in [9.17, 15) is 4.79 Å². The molecule has 1 aliphatic rings. The Kier molecular flexibility index (Phi) is 5.54. The summed E-state index contributed by atoms with van der Waals surface area (Å²) in [6.45, 7) is 2.12. The molecule has 1 N–H and O–H groups in total. The van der Waals surface area contributed by atoms with Crippen molar-refractivity contribution in [2.45, 2.75) is 32.6 Å². The minimum atomic E-state index is -0.654. The predicted octanol–water partition coefficient (Wildman–Crippen LogP) is 3.31. The maximum atomic E-state index is 10.7. The van der Waals surface area contributed by atoms with Crippen molar-refractivity contribution in [2.75, 3.05) is 5.75 Å². The van der Waals surface area contributed by atoms with Gasteiger partial charge in [0.15, 0.2) is 0 Å². The first-order chi connectivity index (χ1) is 7.22. The van der Waals surface area contributed by atoms with E-state index in [1.807, 2.05) is 0 Å². The Morgan fingerprint density at radius 2 is 2.00 bits per heavy atom. The minimum Gasteiger partial charge on any atom is -0.481 e. The number of hydrogen-bond donors (Lipinski definition) is 2. The second-order valence-corrected chi connectivity index (χ2v) is 6.03. The van der Waals surface area contributed by atoms with Crippen LogP contribution in [0.4, 0.5) is 0 Å². The van der Waals surface area contributed by atoms with Crippen molar-refractivity contribution in [3.63, 3.8) is 0 Å². The molecule has 1 aliphatic heterocycles. The second-order valence-electron chi connectivity index (χ2n) is 3.96. The molecule has 0 aromatic heterocycles. The summed E-state index contributed by atoms with van der Waals surface area (Å²) < 4.78 is 0. The first-order valence-corrected chi connectivity index (χ1v) is 7.21. The zero-order chi connectivity index (χ0) is 11.1. The van der Waals surface area contributed by atoms with E-state index < -0.39 is 5.97 Å². The summed E-state index contributed by atoms with van der Waals surface area (Å²) in [6.07, 6.45) is 7.71. The first-order valence-electron chi connectivity index (χ1n) is 5.55. The van der Waals surface area contributed by atoms with Crippen molar-refractivity contribution in [3.8, 4) is 0 Å². The number of rotatable bonds is 7. The molecule has 0 amide bonds. The third kappa shape index (κ3) is 5.07. The smallest absolute Gasteiger partial charge is 0.303 e. The lowest BCUT2D eigenvalue weighted by molar-refractivity contribution is -0.138. The van der Waals surface area contributed by atoms with Crippen molar-refractivity contribution in [3.05, 3.63) is 23.0 Å². The number of carboxylic acid groups (broad SMARTS) is 1. The van der Waals surface area contributed by atoms with Crippen LogP contribution in [0.25, 0.3) is 0 Å². The third-order valence-electron chi connectivity index (χ3n) is 2.62. The number of allylic oxidation sites excluding steroid dienone is 2. The third-order valence-corrected chi connectivity index (χ3v) is 4.51. The molecule has 0 aromatic carbocycles. The number of carbonyl (C=O) groups is 1. The van der Waals surface area contributed by atoms with Gasteiger partial charge < -0.3 is 5.11 Å². The molecular formula is C12H20O2S. The number of thiol groups is 1. The van der Waals surface area contributed by atoms with Gasteiger partial charge in [0.1, 0.15) is 0 Å². The summed E-state index contributed by atoms with van der Waals surface area (Å²) >= 11 is 0. The molecular weight excluding hydrogens is 208 g/mol. The molecule has 3 heteroatoms. The van der Waals surface area contributed by atoms with Crippen LogP contribution in [0.3, 0.4) is 0 Å². The molecule has 0 spiro atoms. The molecule has 0 bridgehead atoms. The Bertz CT molecular complexity index is 246. The number of hydrogen-bond acceptors (Lipinski definition) is 1. The van der Waals surface area contributed by atoms with Crippen molar-refractivity contribution in [1.82, 2.24) is 0 Å². The van der Waals surface area contributed by atoms with Gasteiger partial charge in [0, 0.05) is 6.42 Å². The number of aliphatic carboxylic acids is 1. The standard InChI is InChI=1S/C12H20O2S/c1-2-5-11(10-12(13)14)6-9-15-7-3-4-8-15/h3-4,7-8,11,15H,2,5-6,9-10H2,1H3,(H,13,14). The lowest BCUT2D eigenvalue weighted by Gasteiger charge is -2.16. The van der Waals surface area contributed by atoms with E-state index in [4.69, 9.17) is 5.11 Å². The van der Waals surface area contributed by atoms with Gasteiger partial charge in [0.2, 0.25) is 0 Å². The van der Waals surface area contributed by atoms with E-state index in [-0.39, 0.29) is 10.9 Å². The van der Waals surface area contributed by atoms with Crippen LogP contribution in [0.1, 0.15) is 32.6 Å². The van der Waals surface area contributed by atoms with Crippen LogP contribution in [0.2, 0.25) is 0 Å². The molecule has 15 heavy (non-hydrogen) atoms. The summed E-state index contributed by atoms with van der Waals surface area (Å²) in [5.74, 6) is 0.872. The van der Waals surface area contributed by atoms with E-state index in [0.29, 0.717) is 12.3 Å². The minimum absolute atomic E-state index is 0.0674. The second kappa shape index (κ2) is 6.72. The average Bonchev–Trinajstić information content (AvgIpc) is 2.66. The molecule has 0 fully saturated rings. The zero-order valence-corrected chi connectivity index (χ0v) is 10.1. The fraction of sp³-hybridized carbons (Fsp3) is 0.583. The van der Waals surface area contributed by atoms with E-state index in [1.165, 1.54) is 0 Å². The van der Waals surface area contributed by atoms with Gasteiger partial charge in [-0.1, -0.05) is 31.9 Å². The normalized spacial score (nSPS) is 18.3. The van der Waals surface area contributed by atoms with Gasteiger partial charge in [0.25, 0.3) is 0 Å². The molecule has 0 aromatic rings. The van der Waals surface area contributed by atoms with Crippen LogP contribution < -0.4 is 0 Å². The summed E-state index contributed by atoms with van der Waals surface area (Å²) in [4.78, 5) is 10.7. The molecule has 0 saturated carbocycles. The Labute approximate surface area is 94.4 Å². The molecule has 1 atom stereocenters. The van der Waals surface area contributed by atoms with Crippen LogP contribution >= 0.6 is 10.9 Å². The van der Waals surface area contributed by atoms with E-state index in [0.717, 1.165) is 25.0 Å². The molecule has 0 aliphatic carbocycles. The van der Waals surface area contributed by atoms with Crippen LogP contribution in [0, 0.1) is 5.92 Å². The van der Waals surface area contributed by atoms with Crippen molar-refractivity contribution >= 4 is 16.9 Å². The summed E-state index contributed by atoms with van der Waals surface area (Å²) in [6, 6.07) is 0. The van der Waals surface area contributed by atoms with Crippen LogP contribution in [0.5, 0.6) is 0 Å². The van der Waals surface area contributed by atoms with Gasteiger partial charge in [-0.05, 0) is 28.9 Å². The van der Waals surface area contributed by atoms with Crippen LogP contribution in [-0.2, 0) is 4.79 Å². The molecule has 0 saturated heterocycles. The molecule has 2 nitrogen and oxygen atoms in total. The highest BCUT2D eigenvalue weighted by Crippen LogP contribution is 2.35. The van der Waals surface area contributed by atoms with Gasteiger partial charge in [-0.25, -0.2) is 10.9 Å². The lowest BCUT2D eigenvalue weighted by Crippen LogP contribution is -2.09. The van der Waals surface area contributed by atoms with E-state index in [2.05, 4.69) is 29.9 Å². The first kappa shape index (κ1) is 12.4. The predicted molar refractivity (Wildman–Crippen MR) is 67.4 cm³/mol. The fourth-order valence-corrected chi connectivity index (χ4v) is 3.56. The zero-order valence-electron chi connectivity index (χ0n) is 9.22. The maximum absolute atomic E-state index is 10.7. The quantitative estimate of drug-likeness (QED) is 0.656. The van der Waals surface area contributed by atoms with Crippen molar-refractivity contribution in [2.24, 2.45) is 5.92 Å². The Balaban J connectivity index is 2.26.